The molecule has 18 heavy (non-hydrogen) atoms. The minimum absolute atomic E-state index is 0.108. The SMILES string of the molecule is Cc1c(OC(C)C)ccc(C(=O)OC(C)C)c1C. The Labute approximate surface area is 109 Å². The van der Waals surface area contributed by atoms with E-state index >= 15 is 0 Å². The molecule has 0 aromatic heterocycles. The molecule has 0 fully saturated rings. The molecule has 0 unspecified atom stereocenters. The molecule has 0 spiro atoms. The summed E-state index contributed by atoms with van der Waals surface area (Å²) in [6.45, 7) is 11.5. The molecule has 0 bridgehead atoms. The smallest absolute Gasteiger partial charge is 0.338 e. The minimum atomic E-state index is -0.276. The second-order valence-electron chi connectivity index (χ2n) is 4.98. The molecule has 0 aliphatic rings. The minimum Gasteiger partial charge on any atom is -0.491 e. The maximum absolute atomic E-state index is 11.9. The van der Waals surface area contributed by atoms with Crippen molar-refractivity contribution in [2.45, 2.75) is 53.8 Å². The Morgan fingerprint density at radius 2 is 1.61 bits per heavy atom. The van der Waals surface area contributed by atoms with Crippen LogP contribution in [0.15, 0.2) is 12.1 Å². The first-order valence-electron chi connectivity index (χ1n) is 6.30. The van der Waals surface area contributed by atoms with Crippen molar-refractivity contribution in [1.82, 2.24) is 0 Å². The summed E-state index contributed by atoms with van der Waals surface area (Å²) < 4.78 is 10.9. The highest BCUT2D eigenvalue weighted by Gasteiger charge is 2.16. The van der Waals surface area contributed by atoms with E-state index in [1.54, 1.807) is 6.07 Å². The summed E-state index contributed by atoms with van der Waals surface area (Å²) in [5.41, 5.74) is 2.51. The summed E-state index contributed by atoms with van der Waals surface area (Å²) >= 11 is 0. The molecule has 0 saturated heterocycles. The fraction of sp³-hybridized carbons (Fsp3) is 0.533. The molecule has 0 radical (unpaired) electrons. The topological polar surface area (TPSA) is 35.5 Å². The summed E-state index contributed by atoms with van der Waals surface area (Å²) in [5.74, 6) is 0.547. The van der Waals surface area contributed by atoms with E-state index in [1.807, 2.05) is 47.6 Å². The van der Waals surface area contributed by atoms with Gasteiger partial charge in [-0.15, -0.1) is 0 Å². The normalized spacial score (nSPS) is 10.9. The van der Waals surface area contributed by atoms with Crippen LogP contribution in [0, 0.1) is 13.8 Å². The number of hydrogen-bond acceptors (Lipinski definition) is 3. The van der Waals surface area contributed by atoms with Crippen LogP contribution in [-0.2, 0) is 4.74 Å². The van der Waals surface area contributed by atoms with Gasteiger partial charge in [0.1, 0.15) is 5.75 Å². The van der Waals surface area contributed by atoms with Crippen molar-refractivity contribution in [3.05, 3.63) is 28.8 Å². The quantitative estimate of drug-likeness (QED) is 0.765. The molecule has 0 aliphatic heterocycles. The molecule has 0 aliphatic carbocycles. The van der Waals surface area contributed by atoms with E-state index in [2.05, 4.69) is 0 Å². The third-order valence-corrected chi connectivity index (χ3v) is 2.66. The van der Waals surface area contributed by atoms with Crippen molar-refractivity contribution < 1.29 is 14.3 Å². The van der Waals surface area contributed by atoms with Crippen molar-refractivity contribution in [1.29, 1.82) is 0 Å². The third-order valence-electron chi connectivity index (χ3n) is 2.66. The Kier molecular flexibility index (Phi) is 4.76. The van der Waals surface area contributed by atoms with Crippen LogP contribution in [0.2, 0.25) is 0 Å². The lowest BCUT2D eigenvalue weighted by molar-refractivity contribution is 0.0377. The van der Waals surface area contributed by atoms with Crippen molar-refractivity contribution >= 4 is 5.97 Å². The molecule has 1 aromatic carbocycles. The zero-order valence-electron chi connectivity index (χ0n) is 12.0. The molecule has 1 aromatic rings. The lowest BCUT2D eigenvalue weighted by Crippen LogP contribution is -2.14. The van der Waals surface area contributed by atoms with Crippen LogP contribution in [0.1, 0.15) is 49.2 Å². The van der Waals surface area contributed by atoms with Crippen LogP contribution in [0.25, 0.3) is 0 Å². The number of carbonyl (C=O) groups is 1. The van der Waals surface area contributed by atoms with E-state index < -0.39 is 0 Å². The maximum Gasteiger partial charge on any atom is 0.338 e. The molecule has 0 amide bonds. The highest BCUT2D eigenvalue weighted by molar-refractivity contribution is 5.91. The maximum atomic E-state index is 11.9. The zero-order chi connectivity index (χ0) is 13.9. The fourth-order valence-corrected chi connectivity index (χ4v) is 1.68. The van der Waals surface area contributed by atoms with Gasteiger partial charge in [-0.05, 0) is 64.8 Å². The van der Waals surface area contributed by atoms with Gasteiger partial charge in [-0.3, -0.25) is 0 Å². The van der Waals surface area contributed by atoms with E-state index in [4.69, 9.17) is 9.47 Å². The van der Waals surface area contributed by atoms with Crippen LogP contribution in [0.3, 0.4) is 0 Å². The highest BCUT2D eigenvalue weighted by Crippen LogP contribution is 2.25. The van der Waals surface area contributed by atoms with E-state index in [1.165, 1.54) is 0 Å². The number of benzene rings is 1. The van der Waals surface area contributed by atoms with E-state index in [0.717, 1.165) is 16.9 Å². The first-order valence-corrected chi connectivity index (χ1v) is 6.30. The van der Waals surface area contributed by atoms with Gasteiger partial charge in [-0.2, -0.15) is 0 Å². The summed E-state index contributed by atoms with van der Waals surface area (Å²) in [6.07, 6.45) is 0.0142. The van der Waals surface area contributed by atoms with Gasteiger partial charge in [0.05, 0.1) is 17.8 Å². The summed E-state index contributed by atoms with van der Waals surface area (Å²) in [6, 6.07) is 3.60. The van der Waals surface area contributed by atoms with Gasteiger partial charge in [0.25, 0.3) is 0 Å². The fourth-order valence-electron chi connectivity index (χ4n) is 1.68. The van der Waals surface area contributed by atoms with E-state index in [9.17, 15) is 4.79 Å². The van der Waals surface area contributed by atoms with E-state index in [-0.39, 0.29) is 18.2 Å². The second-order valence-corrected chi connectivity index (χ2v) is 4.98. The summed E-state index contributed by atoms with van der Waals surface area (Å²) in [4.78, 5) is 11.9. The van der Waals surface area contributed by atoms with Gasteiger partial charge in [-0.1, -0.05) is 0 Å². The molecular weight excluding hydrogens is 228 g/mol. The first-order chi connectivity index (χ1) is 8.32. The number of hydrogen-bond donors (Lipinski definition) is 0. The summed E-state index contributed by atoms with van der Waals surface area (Å²) in [7, 11) is 0. The second kappa shape index (κ2) is 5.89. The molecule has 0 atom stereocenters. The number of esters is 1. The van der Waals surface area contributed by atoms with Gasteiger partial charge in [-0.25, -0.2) is 4.79 Å². The van der Waals surface area contributed by atoms with Gasteiger partial charge >= 0.3 is 5.97 Å². The molecule has 0 N–H and O–H groups in total. The zero-order valence-corrected chi connectivity index (χ0v) is 12.0. The van der Waals surface area contributed by atoms with Crippen LogP contribution in [-0.4, -0.2) is 18.2 Å². The van der Waals surface area contributed by atoms with Crippen LogP contribution < -0.4 is 4.74 Å². The van der Waals surface area contributed by atoms with Crippen molar-refractivity contribution in [2.75, 3.05) is 0 Å². The predicted octanol–water partition coefficient (Wildman–Crippen LogP) is 3.66. The number of carbonyl (C=O) groups excluding carboxylic acids is 1. The van der Waals surface area contributed by atoms with E-state index in [0.29, 0.717) is 5.56 Å². The average Bonchev–Trinajstić information content (AvgIpc) is 2.23. The monoisotopic (exact) mass is 250 g/mol. The van der Waals surface area contributed by atoms with Gasteiger partial charge < -0.3 is 9.47 Å². The Morgan fingerprint density at radius 1 is 1.00 bits per heavy atom. The average molecular weight is 250 g/mol. The first kappa shape index (κ1) is 14.6. The van der Waals surface area contributed by atoms with Crippen LogP contribution >= 0.6 is 0 Å². The Hall–Kier alpha value is -1.51. The van der Waals surface area contributed by atoms with Crippen molar-refractivity contribution in [3.63, 3.8) is 0 Å². The Balaban J connectivity index is 3.04. The molecule has 3 heteroatoms. The lowest BCUT2D eigenvalue weighted by Gasteiger charge is -2.16. The lowest BCUT2D eigenvalue weighted by atomic mass is 10.0. The largest absolute Gasteiger partial charge is 0.491 e. The van der Waals surface area contributed by atoms with Gasteiger partial charge in [0.2, 0.25) is 0 Å². The third kappa shape index (κ3) is 3.49. The van der Waals surface area contributed by atoms with Crippen molar-refractivity contribution in [3.8, 4) is 5.75 Å². The Bertz CT molecular complexity index is 434. The predicted molar refractivity (Wildman–Crippen MR) is 72.2 cm³/mol. The van der Waals surface area contributed by atoms with Crippen LogP contribution in [0.5, 0.6) is 5.75 Å². The van der Waals surface area contributed by atoms with Gasteiger partial charge in [0, 0.05) is 0 Å². The molecule has 100 valence electrons. The highest BCUT2D eigenvalue weighted by atomic mass is 16.5. The number of rotatable bonds is 4. The van der Waals surface area contributed by atoms with Gasteiger partial charge in [0.15, 0.2) is 0 Å². The number of ether oxygens (including phenoxy) is 2. The summed E-state index contributed by atoms with van der Waals surface area (Å²) in [5, 5.41) is 0. The Morgan fingerprint density at radius 3 is 2.11 bits per heavy atom. The van der Waals surface area contributed by atoms with Crippen molar-refractivity contribution in [2.24, 2.45) is 0 Å². The molecule has 3 nitrogen and oxygen atoms in total. The standard InChI is InChI=1S/C15H22O3/c1-9(2)17-14-8-7-13(11(5)12(14)6)15(16)18-10(3)4/h7-10H,1-6H3. The van der Waals surface area contributed by atoms with Crippen LogP contribution in [0.4, 0.5) is 0 Å². The molecular formula is C15H22O3. The molecule has 0 saturated carbocycles. The molecule has 1 rings (SSSR count). The molecule has 0 heterocycles.